The molecule has 1 N–H and O–H groups in total. The zero-order chi connectivity index (χ0) is 16.0. The van der Waals surface area contributed by atoms with Crippen molar-refractivity contribution in [3.63, 3.8) is 0 Å². The predicted molar refractivity (Wildman–Crippen MR) is 85.6 cm³/mol. The summed E-state index contributed by atoms with van der Waals surface area (Å²) in [6, 6.07) is 5.26. The third kappa shape index (κ3) is 2.28. The van der Waals surface area contributed by atoms with Crippen LogP contribution in [0.3, 0.4) is 0 Å². The zero-order valence-electron chi connectivity index (χ0n) is 12.7. The summed E-state index contributed by atoms with van der Waals surface area (Å²) in [5, 5.41) is 11.1. The number of aromatic nitrogens is 3. The molecule has 2 atom stereocenters. The highest BCUT2D eigenvalue weighted by Gasteiger charge is 2.52. The summed E-state index contributed by atoms with van der Waals surface area (Å²) < 4.78 is 1.84. The first-order chi connectivity index (χ1) is 11.1. The van der Waals surface area contributed by atoms with Gasteiger partial charge in [0.25, 0.3) is 0 Å². The summed E-state index contributed by atoms with van der Waals surface area (Å²) in [4.78, 5) is 26.2. The topological polar surface area (TPSA) is 79.6 Å². The second kappa shape index (κ2) is 5.23. The molecule has 0 spiro atoms. The minimum Gasteiger partial charge on any atom is -0.347 e. The first kappa shape index (κ1) is 14.5. The Morgan fingerprint density at radius 3 is 3.22 bits per heavy atom. The maximum Gasteiger partial charge on any atom is 0.244 e. The lowest BCUT2D eigenvalue weighted by Gasteiger charge is -2.29. The van der Waals surface area contributed by atoms with Crippen molar-refractivity contribution in [1.82, 2.24) is 24.8 Å². The molecule has 2 amide bonds. The molecule has 2 saturated heterocycles. The van der Waals surface area contributed by atoms with Crippen molar-refractivity contribution in [3.05, 3.63) is 30.2 Å². The molecule has 0 aliphatic carbocycles. The van der Waals surface area contributed by atoms with Crippen molar-refractivity contribution in [3.8, 4) is 0 Å². The summed E-state index contributed by atoms with van der Waals surface area (Å²) in [6.45, 7) is 2.34. The number of hydrogen-bond acceptors (Lipinski definition) is 5. The maximum atomic E-state index is 12.5. The molecular weight excluding hydrogens is 314 g/mol. The molecule has 23 heavy (non-hydrogen) atoms. The molecule has 0 aromatic carbocycles. The van der Waals surface area contributed by atoms with Gasteiger partial charge in [-0.3, -0.25) is 14.0 Å². The summed E-state index contributed by atoms with van der Waals surface area (Å²) >= 11 is 1.69. The average molecular weight is 331 g/mol. The molecule has 2 aromatic heterocycles. The van der Waals surface area contributed by atoms with E-state index in [1.54, 1.807) is 16.7 Å². The molecule has 0 unspecified atom stereocenters. The number of rotatable bonds is 3. The van der Waals surface area contributed by atoms with Crippen molar-refractivity contribution in [2.24, 2.45) is 0 Å². The molecule has 4 rings (SSSR count). The van der Waals surface area contributed by atoms with Gasteiger partial charge in [-0.2, -0.15) is 0 Å². The lowest BCUT2D eigenvalue weighted by atomic mass is 10.2. The van der Waals surface area contributed by atoms with Crippen molar-refractivity contribution >= 4 is 29.2 Å². The van der Waals surface area contributed by atoms with Crippen molar-refractivity contribution < 1.29 is 9.59 Å². The van der Waals surface area contributed by atoms with Gasteiger partial charge in [0.2, 0.25) is 11.8 Å². The number of nitrogens with zero attached hydrogens (tertiary/aromatic N) is 4. The van der Waals surface area contributed by atoms with Crippen LogP contribution in [0.2, 0.25) is 0 Å². The number of pyridine rings is 1. The van der Waals surface area contributed by atoms with Gasteiger partial charge in [-0.25, -0.2) is 0 Å². The smallest absolute Gasteiger partial charge is 0.244 e. The highest BCUT2D eigenvalue weighted by atomic mass is 32.2. The number of thioether (sulfide) groups is 1. The number of amides is 2. The van der Waals surface area contributed by atoms with Gasteiger partial charge in [0, 0.05) is 18.4 Å². The lowest BCUT2D eigenvalue weighted by molar-refractivity contribution is -0.138. The van der Waals surface area contributed by atoms with E-state index in [9.17, 15) is 9.59 Å². The lowest BCUT2D eigenvalue weighted by Crippen LogP contribution is -2.50. The van der Waals surface area contributed by atoms with Crippen LogP contribution in [-0.2, 0) is 16.1 Å². The van der Waals surface area contributed by atoms with E-state index in [0.29, 0.717) is 24.5 Å². The zero-order valence-corrected chi connectivity index (χ0v) is 13.5. The Labute approximate surface area is 137 Å². The average Bonchev–Trinajstić information content (AvgIpc) is 3.19. The van der Waals surface area contributed by atoms with Crippen molar-refractivity contribution in [2.75, 3.05) is 5.75 Å². The summed E-state index contributed by atoms with van der Waals surface area (Å²) in [6.07, 6.45) is 3.21. The molecule has 4 heterocycles. The standard InChI is InChI=1S/C15H17N5O2S/c1-15-6-5-13(21)20(15)10(9-23-15)14(22)16-8-12-18-17-11-4-2-3-7-19(11)12/h2-4,7,10H,5-6,8-9H2,1H3,(H,16,22)/t10-,15+/m1/s1. The van der Waals surface area contributed by atoms with Crippen LogP contribution in [0.25, 0.3) is 5.65 Å². The van der Waals surface area contributed by atoms with Gasteiger partial charge in [-0.05, 0) is 25.5 Å². The van der Waals surface area contributed by atoms with Crippen LogP contribution >= 0.6 is 11.8 Å². The predicted octanol–water partition coefficient (Wildman–Crippen LogP) is 0.799. The molecule has 0 saturated carbocycles. The van der Waals surface area contributed by atoms with Crippen molar-refractivity contribution in [1.29, 1.82) is 0 Å². The number of hydrogen-bond donors (Lipinski definition) is 1. The van der Waals surface area contributed by atoms with Crippen LogP contribution in [0.1, 0.15) is 25.6 Å². The van der Waals surface area contributed by atoms with Gasteiger partial charge in [0.05, 0.1) is 11.4 Å². The Morgan fingerprint density at radius 1 is 1.48 bits per heavy atom. The van der Waals surface area contributed by atoms with Gasteiger partial charge in [0.1, 0.15) is 6.04 Å². The fraction of sp³-hybridized carbons (Fsp3) is 0.467. The highest BCUT2D eigenvalue weighted by molar-refractivity contribution is 8.01. The fourth-order valence-electron chi connectivity index (χ4n) is 3.31. The van der Waals surface area contributed by atoms with E-state index in [1.165, 1.54) is 0 Å². The number of nitrogens with one attached hydrogen (secondary N) is 1. The minimum absolute atomic E-state index is 0.0746. The third-order valence-corrected chi connectivity index (χ3v) is 6.06. The Morgan fingerprint density at radius 2 is 2.35 bits per heavy atom. The molecule has 120 valence electrons. The normalized spacial score (nSPS) is 26.7. The van der Waals surface area contributed by atoms with Crippen LogP contribution < -0.4 is 5.32 Å². The van der Waals surface area contributed by atoms with Crippen LogP contribution in [0.4, 0.5) is 0 Å². The number of carbonyl (C=O) groups excluding carboxylic acids is 2. The van der Waals surface area contributed by atoms with E-state index >= 15 is 0 Å². The number of carbonyl (C=O) groups is 2. The van der Waals surface area contributed by atoms with Crippen LogP contribution in [-0.4, -0.2) is 48.0 Å². The van der Waals surface area contributed by atoms with E-state index in [2.05, 4.69) is 15.5 Å². The monoisotopic (exact) mass is 331 g/mol. The molecule has 2 aromatic rings. The van der Waals surface area contributed by atoms with Gasteiger partial charge < -0.3 is 10.2 Å². The molecule has 0 bridgehead atoms. The molecular formula is C15H17N5O2S. The Balaban J connectivity index is 1.47. The van der Waals surface area contributed by atoms with Gasteiger partial charge in [-0.1, -0.05) is 6.07 Å². The van der Waals surface area contributed by atoms with Crippen LogP contribution in [0.15, 0.2) is 24.4 Å². The quantitative estimate of drug-likeness (QED) is 0.900. The van der Waals surface area contributed by atoms with Gasteiger partial charge in [-0.15, -0.1) is 22.0 Å². The fourth-order valence-corrected chi connectivity index (χ4v) is 4.74. The van der Waals surface area contributed by atoms with E-state index in [1.807, 2.05) is 35.7 Å². The van der Waals surface area contributed by atoms with Gasteiger partial charge >= 0.3 is 0 Å². The third-order valence-electron chi connectivity index (χ3n) is 4.55. The molecule has 7 nitrogen and oxygen atoms in total. The molecule has 0 radical (unpaired) electrons. The Kier molecular flexibility index (Phi) is 3.29. The van der Waals surface area contributed by atoms with E-state index in [0.717, 1.165) is 12.1 Å². The van der Waals surface area contributed by atoms with Gasteiger partial charge in [0.15, 0.2) is 11.5 Å². The van der Waals surface area contributed by atoms with E-state index in [-0.39, 0.29) is 22.7 Å². The molecule has 2 fully saturated rings. The Bertz CT molecular complexity index is 791. The van der Waals surface area contributed by atoms with Crippen LogP contribution in [0.5, 0.6) is 0 Å². The Hall–Kier alpha value is -2.09. The van der Waals surface area contributed by atoms with E-state index in [4.69, 9.17) is 0 Å². The van der Waals surface area contributed by atoms with Crippen LogP contribution in [0, 0.1) is 0 Å². The number of fused-ring (bicyclic) bond motifs is 2. The van der Waals surface area contributed by atoms with E-state index < -0.39 is 0 Å². The maximum absolute atomic E-state index is 12.5. The second-order valence-electron chi connectivity index (χ2n) is 6.03. The summed E-state index contributed by atoms with van der Waals surface area (Å²) in [5.41, 5.74) is 0.746. The SMILES string of the molecule is C[C@]12CCC(=O)N1[C@@H](C(=O)NCc1nnc3ccccn13)CS2. The minimum atomic E-state index is -0.390. The molecule has 8 heteroatoms. The largest absolute Gasteiger partial charge is 0.347 e. The van der Waals surface area contributed by atoms with Crippen molar-refractivity contribution in [2.45, 2.75) is 37.2 Å². The summed E-state index contributed by atoms with van der Waals surface area (Å²) in [7, 11) is 0. The highest BCUT2D eigenvalue weighted by Crippen LogP contribution is 2.47. The molecule has 2 aliphatic heterocycles. The first-order valence-electron chi connectivity index (χ1n) is 7.61. The molecule has 2 aliphatic rings. The first-order valence-corrected chi connectivity index (χ1v) is 8.59. The second-order valence-corrected chi connectivity index (χ2v) is 7.53. The summed E-state index contributed by atoms with van der Waals surface area (Å²) in [5.74, 6) is 1.28.